The predicted octanol–water partition coefficient (Wildman–Crippen LogP) is 1.62. The van der Waals surface area contributed by atoms with Gasteiger partial charge in [-0.3, -0.25) is 0 Å². The minimum Gasteiger partial charge on any atom is -0.444 e. The van der Waals surface area contributed by atoms with E-state index < -0.39 is 0 Å². The van der Waals surface area contributed by atoms with Gasteiger partial charge in [-0.25, -0.2) is 9.97 Å². The van der Waals surface area contributed by atoms with Crippen LogP contribution in [0.2, 0.25) is 5.02 Å². The minimum absolute atomic E-state index is 0.162. The van der Waals surface area contributed by atoms with E-state index in [2.05, 4.69) is 20.3 Å². The molecule has 2 aromatic rings. The maximum absolute atomic E-state index is 5.87. The van der Waals surface area contributed by atoms with E-state index in [1.165, 1.54) is 6.20 Å². The van der Waals surface area contributed by atoms with Gasteiger partial charge < -0.3 is 15.5 Å². The zero-order chi connectivity index (χ0) is 11.5. The topological polar surface area (TPSA) is 89.9 Å². The monoisotopic (exact) mass is 239 g/mol. The van der Waals surface area contributed by atoms with Crippen LogP contribution >= 0.6 is 11.6 Å². The van der Waals surface area contributed by atoms with Crippen LogP contribution in [0.15, 0.2) is 16.8 Å². The van der Waals surface area contributed by atoms with Crippen molar-refractivity contribution in [1.82, 2.24) is 15.0 Å². The second-order valence-electron chi connectivity index (χ2n) is 3.14. The lowest BCUT2D eigenvalue weighted by Crippen LogP contribution is -2.05. The van der Waals surface area contributed by atoms with E-state index >= 15 is 0 Å². The van der Waals surface area contributed by atoms with E-state index in [0.717, 1.165) is 5.76 Å². The quantitative estimate of drug-likeness (QED) is 0.846. The summed E-state index contributed by atoms with van der Waals surface area (Å²) >= 11 is 5.87. The summed E-state index contributed by atoms with van der Waals surface area (Å²) in [5.41, 5.74) is 5.44. The molecule has 0 aliphatic heterocycles. The number of anilines is 2. The molecular weight excluding hydrogens is 230 g/mol. The van der Waals surface area contributed by atoms with Crippen molar-refractivity contribution in [2.75, 3.05) is 11.1 Å². The number of hydrogen-bond acceptors (Lipinski definition) is 6. The first-order chi connectivity index (χ1) is 7.65. The molecular formula is C9H10ClN5O. The average Bonchev–Trinajstić information content (AvgIpc) is 2.66. The van der Waals surface area contributed by atoms with E-state index in [4.69, 9.17) is 21.8 Å². The molecule has 0 bridgehead atoms. The fourth-order valence-corrected chi connectivity index (χ4v) is 1.31. The van der Waals surface area contributed by atoms with Gasteiger partial charge in [0.15, 0.2) is 5.82 Å². The molecule has 7 heteroatoms. The van der Waals surface area contributed by atoms with Gasteiger partial charge in [0.2, 0.25) is 11.8 Å². The summed E-state index contributed by atoms with van der Waals surface area (Å²) in [5.74, 6) is 1.94. The molecule has 0 spiro atoms. The zero-order valence-electron chi connectivity index (χ0n) is 8.57. The number of nitrogens with zero attached hydrogens (tertiary/aromatic N) is 3. The van der Waals surface area contributed by atoms with Gasteiger partial charge in [0.25, 0.3) is 0 Å². The number of nitrogens with one attached hydrogen (secondary N) is 1. The Hall–Kier alpha value is -1.82. The highest BCUT2D eigenvalue weighted by Gasteiger charge is 2.05. The number of rotatable bonds is 3. The van der Waals surface area contributed by atoms with Gasteiger partial charge >= 0.3 is 0 Å². The molecule has 2 rings (SSSR count). The number of oxazole rings is 1. The van der Waals surface area contributed by atoms with Crippen molar-refractivity contribution in [3.63, 3.8) is 0 Å². The van der Waals surface area contributed by atoms with Crippen LogP contribution in [-0.2, 0) is 6.54 Å². The Labute approximate surface area is 96.9 Å². The third-order valence-corrected chi connectivity index (χ3v) is 2.12. The molecule has 6 nitrogen and oxygen atoms in total. The Balaban J connectivity index is 2.07. The molecule has 2 heterocycles. The lowest BCUT2D eigenvalue weighted by Gasteiger charge is -2.04. The van der Waals surface area contributed by atoms with Crippen LogP contribution in [0.5, 0.6) is 0 Å². The average molecular weight is 240 g/mol. The molecule has 84 valence electrons. The molecule has 3 N–H and O–H groups in total. The number of halogens is 1. The molecule has 0 atom stereocenters. The molecule has 16 heavy (non-hydrogen) atoms. The third-order valence-electron chi connectivity index (χ3n) is 1.84. The zero-order valence-corrected chi connectivity index (χ0v) is 9.32. The number of hydrogen-bond donors (Lipinski definition) is 2. The first kappa shape index (κ1) is 10.7. The summed E-state index contributed by atoms with van der Waals surface area (Å²) in [7, 11) is 0. The molecule has 0 aliphatic rings. The Morgan fingerprint density at radius 1 is 1.44 bits per heavy atom. The first-order valence-electron chi connectivity index (χ1n) is 4.58. The van der Waals surface area contributed by atoms with Crippen LogP contribution in [0.4, 0.5) is 11.8 Å². The normalized spacial score (nSPS) is 10.4. The molecule has 0 fully saturated rings. The predicted molar refractivity (Wildman–Crippen MR) is 60.0 cm³/mol. The smallest absolute Gasteiger partial charge is 0.222 e. The SMILES string of the molecule is Cc1cnc(CNc2nc(N)ncc2Cl)o1. The van der Waals surface area contributed by atoms with E-state index in [1.807, 2.05) is 6.92 Å². The summed E-state index contributed by atoms with van der Waals surface area (Å²) in [6.45, 7) is 2.22. The van der Waals surface area contributed by atoms with Crippen molar-refractivity contribution in [3.8, 4) is 0 Å². The van der Waals surface area contributed by atoms with E-state index in [0.29, 0.717) is 23.3 Å². The van der Waals surface area contributed by atoms with Crippen LogP contribution < -0.4 is 11.1 Å². The molecule has 2 aromatic heterocycles. The molecule has 0 saturated heterocycles. The first-order valence-corrected chi connectivity index (χ1v) is 4.96. The fourth-order valence-electron chi connectivity index (χ4n) is 1.15. The van der Waals surface area contributed by atoms with Gasteiger partial charge in [-0.05, 0) is 6.92 Å². The summed E-state index contributed by atoms with van der Waals surface area (Å²) in [6, 6.07) is 0. The van der Waals surface area contributed by atoms with Crippen molar-refractivity contribution in [2.24, 2.45) is 0 Å². The molecule has 0 radical (unpaired) electrons. The van der Waals surface area contributed by atoms with Gasteiger partial charge in [-0.1, -0.05) is 11.6 Å². The molecule has 0 saturated carbocycles. The number of nitrogens with two attached hydrogens (primary N) is 1. The Morgan fingerprint density at radius 3 is 2.94 bits per heavy atom. The van der Waals surface area contributed by atoms with Gasteiger partial charge in [-0.2, -0.15) is 4.98 Å². The third kappa shape index (κ3) is 2.40. The number of aromatic nitrogens is 3. The van der Waals surface area contributed by atoms with Crippen LogP contribution in [0.3, 0.4) is 0 Å². The van der Waals surface area contributed by atoms with Crippen LogP contribution in [0.1, 0.15) is 11.7 Å². The van der Waals surface area contributed by atoms with E-state index in [9.17, 15) is 0 Å². The van der Waals surface area contributed by atoms with Crippen molar-refractivity contribution < 1.29 is 4.42 Å². The van der Waals surface area contributed by atoms with Crippen LogP contribution in [-0.4, -0.2) is 15.0 Å². The highest BCUT2D eigenvalue weighted by Crippen LogP contribution is 2.18. The van der Waals surface area contributed by atoms with Gasteiger partial charge in [0.05, 0.1) is 18.9 Å². The molecule has 0 unspecified atom stereocenters. The van der Waals surface area contributed by atoms with Crippen molar-refractivity contribution in [3.05, 3.63) is 29.1 Å². The summed E-state index contributed by atoms with van der Waals surface area (Å²) in [5, 5.41) is 3.36. The van der Waals surface area contributed by atoms with Crippen molar-refractivity contribution in [1.29, 1.82) is 0 Å². The Morgan fingerprint density at radius 2 is 2.25 bits per heavy atom. The Kier molecular flexibility index (Phi) is 2.91. The van der Waals surface area contributed by atoms with Gasteiger partial charge in [0, 0.05) is 0 Å². The highest BCUT2D eigenvalue weighted by molar-refractivity contribution is 6.32. The lowest BCUT2D eigenvalue weighted by molar-refractivity contribution is 0.479. The van der Waals surface area contributed by atoms with Gasteiger partial charge in [0.1, 0.15) is 10.8 Å². The van der Waals surface area contributed by atoms with Crippen molar-refractivity contribution in [2.45, 2.75) is 13.5 Å². The number of aryl methyl sites for hydroxylation is 1. The molecule has 0 aliphatic carbocycles. The maximum Gasteiger partial charge on any atom is 0.222 e. The highest BCUT2D eigenvalue weighted by atomic mass is 35.5. The van der Waals surface area contributed by atoms with Crippen LogP contribution in [0.25, 0.3) is 0 Å². The van der Waals surface area contributed by atoms with Crippen LogP contribution in [0, 0.1) is 6.92 Å². The molecule has 0 amide bonds. The number of nitrogen functional groups attached to an aromatic ring is 1. The largest absolute Gasteiger partial charge is 0.444 e. The van der Waals surface area contributed by atoms with Gasteiger partial charge in [-0.15, -0.1) is 0 Å². The van der Waals surface area contributed by atoms with Crippen molar-refractivity contribution >= 4 is 23.4 Å². The maximum atomic E-state index is 5.87. The minimum atomic E-state index is 0.162. The second-order valence-corrected chi connectivity index (χ2v) is 3.55. The summed E-state index contributed by atoms with van der Waals surface area (Å²) in [4.78, 5) is 11.7. The van der Waals surface area contributed by atoms with E-state index in [-0.39, 0.29) is 5.95 Å². The lowest BCUT2D eigenvalue weighted by atomic mass is 10.5. The standard InChI is InChI=1S/C9H10ClN5O/c1-5-2-12-7(16-5)4-13-8-6(10)3-14-9(11)15-8/h2-3H,4H2,1H3,(H3,11,13,14,15). The summed E-state index contributed by atoms with van der Waals surface area (Å²) < 4.78 is 5.28. The van der Waals surface area contributed by atoms with E-state index in [1.54, 1.807) is 6.20 Å². The molecule has 0 aromatic carbocycles. The second kappa shape index (κ2) is 4.36. The fraction of sp³-hybridized carbons (Fsp3) is 0.222. The Bertz CT molecular complexity index is 498. The summed E-state index contributed by atoms with van der Waals surface area (Å²) in [6.07, 6.45) is 3.08.